The molecule has 2 aromatic carbocycles. The van der Waals surface area contributed by atoms with Crippen molar-refractivity contribution in [1.82, 2.24) is 15.0 Å². The van der Waals surface area contributed by atoms with E-state index in [0.717, 1.165) is 11.4 Å². The molecule has 0 aliphatic heterocycles. The van der Waals surface area contributed by atoms with E-state index in [1.165, 1.54) is 0 Å². The van der Waals surface area contributed by atoms with Gasteiger partial charge in [-0.1, -0.05) is 54.1 Å². The molecular formula is C19H13ClN4O. The van der Waals surface area contributed by atoms with E-state index in [2.05, 4.69) is 20.3 Å². The van der Waals surface area contributed by atoms with Gasteiger partial charge in [0.15, 0.2) is 5.65 Å². The molecule has 2 N–H and O–H groups in total. The van der Waals surface area contributed by atoms with Gasteiger partial charge in [0.2, 0.25) is 0 Å². The van der Waals surface area contributed by atoms with Gasteiger partial charge in [-0.3, -0.25) is 4.79 Å². The van der Waals surface area contributed by atoms with Crippen LogP contribution in [0.4, 0.5) is 5.69 Å². The average Bonchev–Trinajstić information content (AvgIpc) is 3.06. The van der Waals surface area contributed by atoms with E-state index in [1.54, 1.807) is 36.5 Å². The summed E-state index contributed by atoms with van der Waals surface area (Å²) in [5, 5.41) is 3.20. The van der Waals surface area contributed by atoms with Gasteiger partial charge < -0.3 is 10.3 Å². The Morgan fingerprint density at radius 1 is 1.04 bits per heavy atom. The lowest BCUT2D eigenvalue weighted by molar-refractivity contribution is 0.102. The molecule has 1 amide bonds. The van der Waals surface area contributed by atoms with E-state index >= 15 is 0 Å². The Morgan fingerprint density at radius 3 is 2.60 bits per heavy atom. The second kappa shape index (κ2) is 6.37. The fourth-order valence-electron chi connectivity index (χ4n) is 2.54. The Kier molecular flexibility index (Phi) is 3.91. The molecular weight excluding hydrogens is 336 g/mol. The number of rotatable bonds is 3. The zero-order valence-corrected chi connectivity index (χ0v) is 13.8. The van der Waals surface area contributed by atoms with E-state index in [-0.39, 0.29) is 5.91 Å². The third-order valence-corrected chi connectivity index (χ3v) is 4.09. The Morgan fingerprint density at radius 2 is 1.80 bits per heavy atom. The zero-order valence-electron chi connectivity index (χ0n) is 13.0. The van der Waals surface area contributed by atoms with Crippen LogP contribution in [0.5, 0.6) is 0 Å². The minimum Gasteiger partial charge on any atom is -0.323 e. The molecule has 0 unspecified atom stereocenters. The van der Waals surface area contributed by atoms with Gasteiger partial charge in [0.1, 0.15) is 11.3 Å². The van der Waals surface area contributed by atoms with Crippen LogP contribution in [0.2, 0.25) is 5.02 Å². The average molecular weight is 349 g/mol. The van der Waals surface area contributed by atoms with E-state index in [1.807, 2.05) is 30.3 Å². The number of carbonyl (C=O) groups excluding carboxylic acids is 1. The number of aromatic nitrogens is 3. The minimum absolute atomic E-state index is 0.287. The standard InChI is InChI=1S/C19H13ClN4O/c20-15-9-5-4-8-14(15)19(25)22-13-10-16-18(21-11-13)24-17(23-16)12-6-2-1-3-7-12/h1-11H,(H,22,25)(H,21,23,24). The zero-order chi connectivity index (χ0) is 17.2. The van der Waals surface area contributed by atoms with Crippen molar-refractivity contribution < 1.29 is 4.79 Å². The van der Waals surface area contributed by atoms with Gasteiger partial charge in [-0.25, -0.2) is 9.97 Å². The lowest BCUT2D eigenvalue weighted by atomic mass is 10.2. The molecule has 4 aromatic rings. The first kappa shape index (κ1) is 15.4. The smallest absolute Gasteiger partial charge is 0.257 e. The number of pyridine rings is 1. The van der Waals surface area contributed by atoms with E-state index < -0.39 is 0 Å². The molecule has 0 aliphatic carbocycles. The molecule has 0 atom stereocenters. The first-order chi connectivity index (χ1) is 12.2. The second-order valence-corrected chi connectivity index (χ2v) is 5.88. The number of amides is 1. The molecule has 4 rings (SSSR count). The molecule has 122 valence electrons. The molecule has 5 nitrogen and oxygen atoms in total. The highest BCUT2D eigenvalue weighted by Gasteiger charge is 2.12. The summed E-state index contributed by atoms with van der Waals surface area (Å²) in [6.45, 7) is 0. The van der Waals surface area contributed by atoms with Crippen LogP contribution in [0.1, 0.15) is 10.4 Å². The number of H-pyrrole nitrogens is 1. The first-order valence-corrected chi connectivity index (χ1v) is 8.05. The highest BCUT2D eigenvalue weighted by atomic mass is 35.5. The summed E-state index contributed by atoms with van der Waals surface area (Å²) in [7, 11) is 0. The lowest BCUT2D eigenvalue weighted by Gasteiger charge is -2.06. The number of nitrogens with zero attached hydrogens (tertiary/aromatic N) is 2. The normalized spacial score (nSPS) is 10.8. The van der Waals surface area contributed by atoms with E-state index in [0.29, 0.717) is 27.4 Å². The summed E-state index contributed by atoms with van der Waals surface area (Å²) >= 11 is 6.06. The molecule has 6 heteroatoms. The fourth-order valence-corrected chi connectivity index (χ4v) is 2.76. The topological polar surface area (TPSA) is 70.7 Å². The number of anilines is 1. The van der Waals surface area contributed by atoms with Crippen molar-refractivity contribution in [2.45, 2.75) is 0 Å². The summed E-state index contributed by atoms with van der Waals surface area (Å²) in [6, 6.07) is 18.5. The number of aromatic amines is 1. The predicted molar refractivity (Wildman–Crippen MR) is 98.7 cm³/mol. The van der Waals surface area contributed by atoms with Crippen molar-refractivity contribution in [3.8, 4) is 11.4 Å². The Balaban J connectivity index is 1.63. The third-order valence-electron chi connectivity index (χ3n) is 3.76. The number of nitrogens with one attached hydrogen (secondary N) is 2. The van der Waals surface area contributed by atoms with Crippen molar-refractivity contribution in [2.24, 2.45) is 0 Å². The van der Waals surface area contributed by atoms with Crippen molar-refractivity contribution in [3.05, 3.63) is 77.4 Å². The number of hydrogen-bond donors (Lipinski definition) is 2. The Labute approximate surface area is 148 Å². The largest absolute Gasteiger partial charge is 0.323 e. The van der Waals surface area contributed by atoms with Crippen LogP contribution in [0, 0.1) is 0 Å². The number of carbonyl (C=O) groups is 1. The van der Waals surface area contributed by atoms with Gasteiger partial charge in [-0.15, -0.1) is 0 Å². The maximum Gasteiger partial charge on any atom is 0.257 e. The van der Waals surface area contributed by atoms with Crippen LogP contribution in [-0.4, -0.2) is 20.9 Å². The maximum absolute atomic E-state index is 12.3. The summed E-state index contributed by atoms with van der Waals surface area (Å²) in [4.78, 5) is 24.4. The van der Waals surface area contributed by atoms with Crippen molar-refractivity contribution in [1.29, 1.82) is 0 Å². The SMILES string of the molecule is O=C(Nc1cnc2[nH]c(-c3ccccc3)nc2c1)c1ccccc1Cl. The third kappa shape index (κ3) is 3.09. The molecule has 0 radical (unpaired) electrons. The molecule has 2 heterocycles. The summed E-state index contributed by atoms with van der Waals surface area (Å²) < 4.78 is 0. The molecule has 0 aliphatic rings. The minimum atomic E-state index is -0.287. The summed E-state index contributed by atoms with van der Waals surface area (Å²) in [6.07, 6.45) is 1.59. The van der Waals surface area contributed by atoms with Gasteiger partial charge >= 0.3 is 0 Å². The van der Waals surface area contributed by atoms with Gasteiger partial charge in [0, 0.05) is 5.56 Å². The van der Waals surface area contributed by atoms with Crippen molar-refractivity contribution in [3.63, 3.8) is 0 Å². The van der Waals surface area contributed by atoms with Crippen molar-refractivity contribution in [2.75, 3.05) is 5.32 Å². The van der Waals surface area contributed by atoms with Crippen LogP contribution >= 0.6 is 11.6 Å². The molecule has 0 fully saturated rings. The van der Waals surface area contributed by atoms with Crippen LogP contribution in [0.15, 0.2) is 66.9 Å². The van der Waals surface area contributed by atoms with Crippen LogP contribution in [0.25, 0.3) is 22.6 Å². The molecule has 0 spiro atoms. The van der Waals surface area contributed by atoms with E-state index in [4.69, 9.17) is 11.6 Å². The molecule has 0 saturated carbocycles. The van der Waals surface area contributed by atoms with Crippen molar-refractivity contribution >= 4 is 34.4 Å². The molecule has 0 saturated heterocycles. The second-order valence-electron chi connectivity index (χ2n) is 5.48. The van der Waals surface area contributed by atoms with Crippen LogP contribution in [0.3, 0.4) is 0 Å². The first-order valence-electron chi connectivity index (χ1n) is 7.68. The number of halogens is 1. The predicted octanol–water partition coefficient (Wildman–Crippen LogP) is 4.53. The Bertz CT molecular complexity index is 1060. The molecule has 25 heavy (non-hydrogen) atoms. The molecule has 2 aromatic heterocycles. The van der Waals surface area contributed by atoms with Crippen LogP contribution in [-0.2, 0) is 0 Å². The van der Waals surface area contributed by atoms with Gasteiger partial charge in [0.25, 0.3) is 5.91 Å². The number of hydrogen-bond acceptors (Lipinski definition) is 3. The highest BCUT2D eigenvalue weighted by Crippen LogP contribution is 2.22. The quantitative estimate of drug-likeness (QED) is 0.571. The lowest BCUT2D eigenvalue weighted by Crippen LogP contribution is -2.12. The van der Waals surface area contributed by atoms with E-state index in [9.17, 15) is 4.79 Å². The molecule has 0 bridgehead atoms. The maximum atomic E-state index is 12.3. The monoisotopic (exact) mass is 348 g/mol. The fraction of sp³-hybridized carbons (Fsp3) is 0. The van der Waals surface area contributed by atoms with Gasteiger partial charge in [-0.2, -0.15) is 0 Å². The Hall–Kier alpha value is -3.18. The van der Waals surface area contributed by atoms with Gasteiger partial charge in [0.05, 0.1) is 22.5 Å². The number of benzene rings is 2. The number of imidazole rings is 1. The van der Waals surface area contributed by atoms with Gasteiger partial charge in [-0.05, 0) is 18.2 Å². The number of fused-ring (bicyclic) bond motifs is 1. The van der Waals surface area contributed by atoms with Crippen LogP contribution < -0.4 is 5.32 Å². The summed E-state index contributed by atoms with van der Waals surface area (Å²) in [5.74, 6) is 0.447. The summed E-state index contributed by atoms with van der Waals surface area (Å²) in [5.41, 5.74) is 3.28. The highest BCUT2D eigenvalue weighted by molar-refractivity contribution is 6.34.